The maximum absolute atomic E-state index is 13.5. The van der Waals surface area contributed by atoms with Crippen LogP contribution >= 0.6 is 0 Å². The first-order valence-corrected chi connectivity index (χ1v) is 12.9. The van der Waals surface area contributed by atoms with E-state index in [9.17, 15) is 19.6 Å². The van der Waals surface area contributed by atoms with Crippen molar-refractivity contribution < 1.29 is 19.6 Å². The van der Waals surface area contributed by atoms with Gasteiger partial charge in [0.1, 0.15) is 0 Å². The fourth-order valence-electron chi connectivity index (χ4n) is 4.35. The average molecular weight is 502 g/mol. The Morgan fingerprint density at radius 2 is 1.69 bits per heavy atom. The number of nitrogens with one attached hydrogen (secondary N) is 3. The summed E-state index contributed by atoms with van der Waals surface area (Å²) in [7, 11) is 0. The molecular formula is C27H43N5O4. The second-order valence-electron chi connectivity index (χ2n) is 10.3. The van der Waals surface area contributed by atoms with E-state index in [1.165, 1.54) is 5.01 Å². The molecular weight excluding hydrogens is 458 g/mol. The maximum Gasteiger partial charge on any atom is 0.255 e. The van der Waals surface area contributed by atoms with Crippen molar-refractivity contribution in [2.24, 2.45) is 23.7 Å². The Morgan fingerprint density at radius 3 is 2.28 bits per heavy atom. The van der Waals surface area contributed by atoms with Gasteiger partial charge in [0.25, 0.3) is 5.91 Å². The molecule has 9 heteroatoms. The van der Waals surface area contributed by atoms with Crippen LogP contribution < -0.4 is 16.2 Å². The van der Waals surface area contributed by atoms with Crippen LogP contribution in [0.5, 0.6) is 0 Å². The van der Waals surface area contributed by atoms with Crippen molar-refractivity contribution in [1.29, 1.82) is 0 Å². The molecule has 2 atom stereocenters. The standard InChI is InChI=1S/C27H43N5O4/c1-20(2)17-24(23(27(35)30-36)12-8-11-22-9-6-5-7-10-22)26(34)29-32(18-21(3)4)25(33)19-31-15-13-28-14-16-31/h5-11,20-21,23-24,28,36H,12-19H2,1-4H3,(H,29,34)(H,30,35)/t23-,24+/m0/s1. The predicted octanol–water partition coefficient (Wildman–Crippen LogP) is 2.29. The summed E-state index contributed by atoms with van der Waals surface area (Å²) in [6, 6.07) is 9.67. The molecule has 200 valence electrons. The molecule has 0 unspecified atom stereocenters. The molecule has 3 amide bonds. The minimum Gasteiger partial charge on any atom is -0.314 e. The summed E-state index contributed by atoms with van der Waals surface area (Å²) in [5.41, 5.74) is 5.55. The fraction of sp³-hybridized carbons (Fsp3) is 0.593. The van der Waals surface area contributed by atoms with Crippen LogP contribution in [0.1, 0.15) is 46.1 Å². The molecule has 1 aliphatic heterocycles. The van der Waals surface area contributed by atoms with E-state index < -0.39 is 17.7 Å². The second kappa shape index (κ2) is 15.4. The molecule has 4 N–H and O–H groups in total. The Labute approximate surface area is 215 Å². The van der Waals surface area contributed by atoms with Gasteiger partial charge in [-0.05, 0) is 30.2 Å². The highest BCUT2D eigenvalue weighted by molar-refractivity contribution is 5.89. The summed E-state index contributed by atoms with van der Waals surface area (Å²) in [5, 5.41) is 14.1. The van der Waals surface area contributed by atoms with E-state index in [2.05, 4.69) is 15.6 Å². The smallest absolute Gasteiger partial charge is 0.255 e. The van der Waals surface area contributed by atoms with Gasteiger partial charge in [0.15, 0.2) is 0 Å². The van der Waals surface area contributed by atoms with Crippen LogP contribution in [0, 0.1) is 23.7 Å². The van der Waals surface area contributed by atoms with Gasteiger partial charge in [-0.15, -0.1) is 0 Å². The van der Waals surface area contributed by atoms with Crippen LogP contribution in [0.4, 0.5) is 0 Å². The molecule has 1 fully saturated rings. The second-order valence-corrected chi connectivity index (χ2v) is 10.3. The lowest BCUT2D eigenvalue weighted by atomic mass is 9.82. The topological polar surface area (TPSA) is 114 Å². The van der Waals surface area contributed by atoms with Crippen molar-refractivity contribution >= 4 is 23.8 Å². The molecule has 1 saturated heterocycles. The van der Waals surface area contributed by atoms with Gasteiger partial charge in [0, 0.05) is 32.7 Å². The van der Waals surface area contributed by atoms with Gasteiger partial charge < -0.3 is 5.32 Å². The molecule has 0 aromatic heterocycles. The minimum absolute atomic E-state index is 0.128. The molecule has 1 aromatic rings. The number of rotatable bonds is 12. The van der Waals surface area contributed by atoms with E-state index in [1.54, 1.807) is 5.48 Å². The zero-order chi connectivity index (χ0) is 26.5. The number of amides is 3. The normalized spacial score (nSPS) is 16.2. The van der Waals surface area contributed by atoms with Gasteiger partial charge in [-0.25, -0.2) is 5.48 Å². The zero-order valence-electron chi connectivity index (χ0n) is 22.1. The van der Waals surface area contributed by atoms with Gasteiger partial charge >= 0.3 is 0 Å². The number of hydroxylamine groups is 1. The largest absolute Gasteiger partial charge is 0.314 e. The molecule has 9 nitrogen and oxygen atoms in total. The number of carbonyl (C=O) groups excluding carboxylic acids is 3. The fourth-order valence-corrected chi connectivity index (χ4v) is 4.35. The van der Waals surface area contributed by atoms with Crippen molar-refractivity contribution in [2.45, 2.75) is 40.5 Å². The lowest BCUT2D eigenvalue weighted by Crippen LogP contribution is -2.55. The molecule has 0 aliphatic carbocycles. The number of allylic oxidation sites excluding steroid dienone is 1. The summed E-state index contributed by atoms with van der Waals surface area (Å²) in [4.78, 5) is 41.4. The number of hydrogen-bond donors (Lipinski definition) is 4. The Hall–Kier alpha value is -2.75. The van der Waals surface area contributed by atoms with Crippen molar-refractivity contribution in [3.8, 4) is 0 Å². The number of hydrogen-bond acceptors (Lipinski definition) is 6. The number of hydrazine groups is 1. The molecule has 36 heavy (non-hydrogen) atoms. The molecule has 1 heterocycles. The predicted molar refractivity (Wildman–Crippen MR) is 140 cm³/mol. The Kier molecular flexibility index (Phi) is 12.6. The zero-order valence-corrected chi connectivity index (χ0v) is 22.1. The van der Waals surface area contributed by atoms with Gasteiger partial charge in [-0.2, -0.15) is 0 Å². The van der Waals surface area contributed by atoms with E-state index >= 15 is 0 Å². The van der Waals surface area contributed by atoms with Crippen LogP contribution in [0.25, 0.3) is 6.08 Å². The molecule has 0 saturated carbocycles. The van der Waals surface area contributed by atoms with E-state index in [0.717, 1.165) is 31.7 Å². The summed E-state index contributed by atoms with van der Waals surface area (Å²) < 4.78 is 0. The number of piperazine rings is 1. The maximum atomic E-state index is 13.5. The van der Waals surface area contributed by atoms with Gasteiger partial charge in [-0.1, -0.05) is 70.2 Å². The molecule has 0 radical (unpaired) electrons. The van der Waals surface area contributed by atoms with Crippen LogP contribution in [-0.2, 0) is 14.4 Å². The van der Waals surface area contributed by atoms with Crippen molar-refractivity contribution in [3.05, 3.63) is 42.0 Å². The Bertz CT molecular complexity index is 853. The quantitative estimate of drug-likeness (QED) is 0.258. The molecule has 2 rings (SSSR count). The van der Waals surface area contributed by atoms with E-state index in [4.69, 9.17) is 0 Å². The summed E-state index contributed by atoms with van der Waals surface area (Å²) in [6.45, 7) is 11.7. The molecule has 0 spiro atoms. The monoisotopic (exact) mass is 501 g/mol. The van der Waals surface area contributed by atoms with E-state index in [0.29, 0.717) is 13.0 Å². The lowest BCUT2D eigenvalue weighted by Gasteiger charge is -2.33. The Morgan fingerprint density at radius 1 is 1.03 bits per heavy atom. The first-order chi connectivity index (χ1) is 17.2. The molecule has 0 bridgehead atoms. The average Bonchev–Trinajstić information content (AvgIpc) is 2.85. The number of benzene rings is 1. The van der Waals surface area contributed by atoms with E-state index in [-0.39, 0.29) is 36.6 Å². The van der Waals surface area contributed by atoms with Crippen LogP contribution in [0.15, 0.2) is 36.4 Å². The first-order valence-electron chi connectivity index (χ1n) is 12.9. The van der Waals surface area contributed by atoms with Gasteiger partial charge in [-0.3, -0.25) is 34.9 Å². The third kappa shape index (κ3) is 10.1. The third-order valence-electron chi connectivity index (χ3n) is 6.16. The number of carbonyl (C=O) groups is 3. The molecule has 1 aromatic carbocycles. The minimum atomic E-state index is -0.790. The first kappa shape index (κ1) is 29.5. The number of nitrogens with zero attached hydrogens (tertiary/aromatic N) is 2. The molecule has 1 aliphatic rings. The van der Waals surface area contributed by atoms with Crippen LogP contribution in [0.3, 0.4) is 0 Å². The van der Waals surface area contributed by atoms with E-state index in [1.807, 2.05) is 70.2 Å². The highest BCUT2D eigenvalue weighted by atomic mass is 16.5. The summed E-state index contributed by atoms with van der Waals surface area (Å²) >= 11 is 0. The van der Waals surface area contributed by atoms with Crippen molar-refractivity contribution in [2.75, 3.05) is 39.3 Å². The van der Waals surface area contributed by atoms with Crippen LogP contribution in [0.2, 0.25) is 0 Å². The highest BCUT2D eigenvalue weighted by Crippen LogP contribution is 2.25. The third-order valence-corrected chi connectivity index (χ3v) is 6.16. The van der Waals surface area contributed by atoms with Crippen molar-refractivity contribution in [1.82, 2.24) is 26.1 Å². The van der Waals surface area contributed by atoms with Gasteiger partial charge in [0.2, 0.25) is 11.8 Å². The Balaban J connectivity index is 2.19. The summed E-state index contributed by atoms with van der Waals surface area (Å²) in [5.74, 6) is -2.42. The van der Waals surface area contributed by atoms with Crippen LogP contribution in [-0.4, -0.2) is 72.1 Å². The highest BCUT2D eigenvalue weighted by Gasteiger charge is 2.35. The van der Waals surface area contributed by atoms with Crippen molar-refractivity contribution in [3.63, 3.8) is 0 Å². The SMILES string of the molecule is CC(C)C[C@@H](C(=O)NN(CC(C)C)C(=O)CN1CCNCC1)[C@H](CC=Cc1ccccc1)C(=O)NO. The summed E-state index contributed by atoms with van der Waals surface area (Å²) in [6.07, 6.45) is 4.44. The lowest BCUT2D eigenvalue weighted by molar-refractivity contribution is -0.148. The van der Waals surface area contributed by atoms with Gasteiger partial charge in [0.05, 0.1) is 18.4 Å².